The van der Waals surface area contributed by atoms with Crippen molar-refractivity contribution in [1.29, 1.82) is 0 Å². The molecule has 10 nitrogen and oxygen atoms in total. The molecule has 4 aliphatic heterocycles. The van der Waals surface area contributed by atoms with E-state index in [4.69, 9.17) is 21.1 Å². The Hall–Kier alpha value is -4.52. The smallest absolute Gasteiger partial charge is 0.264 e. The Labute approximate surface area is 346 Å². The minimum Gasteiger partial charge on any atom is -0.497 e. The molecule has 0 aromatic heterocycles. The summed E-state index contributed by atoms with van der Waals surface area (Å²) in [5.41, 5.74) is 3.71. The predicted molar refractivity (Wildman–Crippen MR) is 229 cm³/mol. The molecule has 3 N–H and O–H groups in total. The highest BCUT2D eigenvalue weighted by molar-refractivity contribution is 6.91. The summed E-state index contributed by atoms with van der Waals surface area (Å²) in [4.78, 5) is 46.4. The molecule has 12 heteroatoms. The first-order chi connectivity index (χ1) is 27.9. The molecular weight excluding hydrogens is 768 g/mol. The third-order valence-corrected chi connectivity index (χ3v) is 17.9. The maximum Gasteiger partial charge on any atom is 0.264 e. The van der Waals surface area contributed by atoms with Gasteiger partial charge in [-0.05, 0) is 90.5 Å². The van der Waals surface area contributed by atoms with Gasteiger partial charge < -0.3 is 35.0 Å². The van der Waals surface area contributed by atoms with Gasteiger partial charge in [-0.2, -0.15) is 0 Å². The van der Waals surface area contributed by atoms with E-state index in [1.807, 2.05) is 66.7 Å². The van der Waals surface area contributed by atoms with E-state index in [0.29, 0.717) is 35.8 Å². The molecule has 1 spiro atoms. The SMILES string of the molecule is COc1ccc([Si](C)(C)[C@@H]2[C@@H](CC(=O)N3Cc4ccccc4C[C@H]3CO)O[C@]3(C(=O)N(Cc4ccc(NC(=O)C5CCCNC5)cc4)c4ccc(Cl)cc43)[C@H]2C)cc1. The Morgan fingerprint density at radius 1 is 1.03 bits per heavy atom. The number of halogens is 1. The van der Waals surface area contributed by atoms with Gasteiger partial charge in [0.1, 0.15) is 5.75 Å². The Kier molecular flexibility index (Phi) is 11.3. The van der Waals surface area contributed by atoms with Gasteiger partial charge in [-0.15, -0.1) is 0 Å². The standard InChI is InChI=1S/C46H53ClN4O6Si/c1-29-43(58(3,4)38-18-16-37(56-2)17-19-38)41(24-42(53)50-27-33-9-6-5-8-31(33)22-36(50)28-52)57-46(29)39-23-34(47)13-20-40(39)51(45(46)55)26-30-11-14-35(15-12-30)49-44(54)32-10-7-21-48-25-32/h5-6,8-9,11-20,23,29,32,36,41,43,48,52H,7,10,21-22,24-28H2,1-4H3,(H,49,54)/t29-,32?,36-,41+,43-,46+/m0/s1. The van der Waals surface area contributed by atoms with Crippen molar-refractivity contribution >= 4 is 54.0 Å². The Bertz CT molecular complexity index is 2180. The zero-order valence-electron chi connectivity index (χ0n) is 33.7. The maximum atomic E-state index is 15.3. The third-order valence-electron chi connectivity index (χ3n) is 13.3. The van der Waals surface area contributed by atoms with Gasteiger partial charge in [0.05, 0.1) is 58.5 Å². The van der Waals surface area contributed by atoms with Crippen LogP contribution >= 0.6 is 11.6 Å². The van der Waals surface area contributed by atoms with Gasteiger partial charge >= 0.3 is 0 Å². The van der Waals surface area contributed by atoms with Crippen molar-refractivity contribution in [3.8, 4) is 5.75 Å². The molecule has 0 saturated carbocycles. The van der Waals surface area contributed by atoms with Crippen molar-refractivity contribution in [2.45, 2.75) is 82.1 Å². The number of amides is 3. The van der Waals surface area contributed by atoms with E-state index in [1.165, 1.54) is 5.19 Å². The van der Waals surface area contributed by atoms with E-state index >= 15 is 4.79 Å². The predicted octanol–water partition coefficient (Wildman–Crippen LogP) is 6.39. The van der Waals surface area contributed by atoms with Crippen LogP contribution in [0.5, 0.6) is 5.75 Å². The van der Waals surface area contributed by atoms with Crippen molar-refractivity contribution in [1.82, 2.24) is 10.2 Å². The maximum absolute atomic E-state index is 15.3. The molecule has 3 amide bonds. The lowest BCUT2D eigenvalue weighted by Crippen LogP contribution is -2.52. The van der Waals surface area contributed by atoms with E-state index in [1.54, 1.807) is 23.0 Å². The molecule has 304 valence electrons. The fraction of sp³-hybridized carbons (Fsp3) is 0.413. The average Bonchev–Trinajstić information content (AvgIpc) is 3.66. The highest BCUT2D eigenvalue weighted by Crippen LogP contribution is 2.60. The number of aliphatic hydroxyl groups is 1. The third kappa shape index (κ3) is 7.25. The first kappa shape index (κ1) is 40.3. The fourth-order valence-electron chi connectivity index (χ4n) is 10.2. The first-order valence-corrected chi connectivity index (χ1v) is 23.9. The van der Waals surface area contributed by atoms with E-state index in [-0.39, 0.29) is 60.7 Å². The number of nitrogens with one attached hydrogen (secondary N) is 2. The fourth-order valence-corrected chi connectivity index (χ4v) is 14.4. The van der Waals surface area contributed by atoms with Gasteiger partial charge in [0.15, 0.2) is 5.60 Å². The van der Waals surface area contributed by atoms with Gasteiger partial charge in [0.2, 0.25) is 11.8 Å². The quantitative estimate of drug-likeness (QED) is 0.159. The lowest BCUT2D eigenvalue weighted by Gasteiger charge is -2.39. The minimum atomic E-state index is -2.54. The second-order valence-corrected chi connectivity index (χ2v) is 22.1. The van der Waals surface area contributed by atoms with E-state index in [2.05, 4.69) is 48.9 Å². The number of carbonyl (C=O) groups excluding carboxylic acids is 3. The molecule has 4 aromatic rings. The topological polar surface area (TPSA) is 120 Å². The number of rotatable bonds is 10. The van der Waals surface area contributed by atoms with Crippen LogP contribution in [0.3, 0.4) is 0 Å². The number of benzene rings is 4. The average molecular weight is 821 g/mol. The van der Waals surface area contributed by atoms with Crippen molar-refractivity contribution in [3.05, 3.63) is 118 Å². The van der Waals surface area contributed by atoms with E-state index in [0.717, 1.165) is 47.5 Å². The number of ether oxygens (including phenoxy) is 2. The molecule has 0 radical (unpaired) electrons. The Morgan fingerprint density at radius 2 is 1.78 bits per heavy atom. The van der Waals surface area contributed by atoms with Gasteiger partial charge in [0, 0.05) is 35.3 Å². The van der Waals surface area contributed by atoms with Crippen LogP contribution in [0.4, 0.5) is 11.4 Å². The molecular formula is C46H53ClN4O6Si. The van der Waals surface area contributed by atoms with Gasteiger partial charge in [0.25, 0.3) is 5.91 Å². The van der Waals surface area contributed by atoms with Crippen molar-refractivity contribution in [2.24, 2.45) is 11.8 Å². The Morgan fingerprint density at radius 3 is 2.47 bits per heavy atom. The first-order valence-electron chi connectivity index (χ1n) is 20.5. The second-order valence-electron chi connectivity index (χ2n) is 17.0. The minimum absolute atomic E-state index is 0.00970. The summed E-state index contributed by atoms with van der Waals surface area (Å²) in [6.07, 6.45) is 1.89. The molecule has 0 bridgehead atoms. The second kappa shape index (κ2) is 16.3. The zero-order chi connectivity index (χ0) is 40.8. The molecule has 2 fully saturated rings. The zero-order valence-corrected chi connectivity index (χ0v) is 35.4. The highest BCUT2D eigenvalue weighted by Gasteiger charge is 2.66. The molecule has 2 saturated heterocycles. The summed E-state index contributed by atoms with van der Waals surface area (Å²) in [5.74, 6) is 0.0979. The normalized spacial score (nSPS) is 25.4. The summed E-state index contributed by atoms with van der Waals surface area (Å²) >= 11 is 6.74. The highest BCUT2D eigenvalue weighted by atomic mass is 35.5. The summed E-state index contributed by atoms with van der Waals surface area (Å²) in [6.45, 7) is 8.86. The lowest BCUT2D eigenvalue weighted by atomic mass is 9.82. The molecule has 6 atom stereocenters. The molecule has 8 rings (SSSR count). The van der Waals surface area contributed by atoms with Crippen LogP contribution < -0.4 is 25.5 Å². The number of aliphatic hydroxyl groups excluding tert-OH is 1. The number of hydrogen-bond acceptors (Lipinski definition) is 7. The number of hydrogen-bond donors (Lipinski definition) is 3. The summed E-state index contributed by atoms with van der Waals surface area (Å²) in [5, 5.41) is 18.5. The molecule has 0 aliphatic carbocycles. The largest absolute Gasteiger partial charge is 0.497 e. The molecule has 58 heavy (non-hydrogen) atoms. The van der Waals surface area contributed by atoms with Crippen molar-refractivity contribution in [3.63, 3.8) is 0 Å². The molecule has 1 unspecified atom stereocenters. The number of nitrogens with zero attached hydrogens (tertiary/aromatic N) is 2. The summed E-state index contributed by atoms with van der Waals surface area (Å²) < 4.78 is 12.8. The van der Waals surface area contributed by atoms with Crippen LogP contribution in [0.2, 0.25) is 23.7 Å². The summed E-state index contributed by atoms with van der Waals surface area (Å²) in [7, 11) is -0.888. The van der Waals surface area contributed by atoms with Gasteiger partial charge in [-0.3, -0.25) is 14.4 Å². The molecule has 4 heterocycles. The monoisotopic (exact) mass is 820 g/mol. The van der Waals surface area contributed by atoms with Crippen molar-refractivity contribution in [2.75, 3.05) is 37.0 Å². The molecule has 4 aromatic carbocycles. The van der Waals surface area contributed by atoms with Crippen molar-refractivity contribution < 1.29 is 29.0 Å². The van der Waals surface area contributed by atoms with Crippen LogP contribution in [-0.2, 0) is 44.2 Å². The number of piperidine rings is 1. The van der Waals surface area contributed by atoms with E-state index in [9.17, 15) is 14.7 Å². The lowest BCUT2D eigenvalue weighted by molar-refractivity contribution is -0.151. The Balaban J connectivity index is 1.12. The van der Waals surface area contributed by atoms with E-state index < -0.39 is 19.8 Å². The number of anilines is 2. The van der Waals surface area contributed by atoms with Crippen LogP contribution in [0.25, 0.3) is 0 Å². The van der Waals surface area contributed by atoms with Gasteiger partial charge in [-0.25, -0.2) is 0 Å². The number of fused-ring (bicyclic) bond motifs is 3. The van der Waals surface area contributed by atoms with Crippen LogP contribution in [-0.4, -0.2) is 74.8 Å². The van der Waals surface area contributed by atoms with Crippen LogP contribution in [0.15, 0.2) is 91.0 Å². The van der Waals surface area contributed by atoms with Crippen LogP contribution in [0.1, 0.15) is 48.4 Å². The van der Waals surface area contributed by atoms with Gasteiger partial charge in [-0.1, -0.05) is 85.3 Å². The molecule has 4 aliphatic rings. The number of methoxy groups -OCH3 is 1. The summed E-state index contributed by atoms with van der Waals surface area (Å²) in [6, 6.07) is 29.1. The number of carbonyl (C=O) groups is 3. The van der Waals surface area contributed by atoms with Crippen LogP contribution in [0, 0.1) is 11.8 Å².